The van der Waals surface area contributed by atoms with E-state index in [1.807, 2.05) is 24.3 Å². The van der Waals surface area contributed by atoms with Crippen LogP contribution in [0.25, 0.3) is 11.1 Å². The minimum atomic E-state index is -3.64. The monoisotopic (exact) mass is 409 g/mol. The van der Waals surface area contributed by atoms with Gasteiger partial charge < -0.3 is 14.0 Å². The van der Waals surface area contributed by atoms with E-state index < -0.39 is 6.29 Å². The Morgan fingerprint density at radius 3 is 2.57 bits per heavy atom. The molecular weight excluding hydrogens is 392 g/mol. The molecule has 0 aliphatic carbocycles. The van der Waals surface area contributed by atoms with E-state index in [0.717, 1.165) is 11.1 Å². The first kappa shape index (κ1) is 18.5. The van der Waals surface area contributed by atoms with E-state index in [4.69, 9.17) is 0 Å². The molecule has 2 aliphatic heterocycles. The average Bonchev–Trinajstić information content (AvgIpc) is 3.31. The third kappa shape index (κ3) is 3.26. The maximum Gasteiger partial charge on any atom is 0.586 e. The number of rotatable bonds is 4. The van der Waals surface area contributed by atoms with Gasteiger partial charge in [0.25, 0.3) is 0 Å². The van der Waals surface area contributed by atoms with Crippen LogP contribution in [-0.2, 0) is 11.2 Å². The van der Waals surface area contributed by atoms with Gasteiger partial charge in [-0.2, -0.15) is 0 Å². The van der Waals surface area contributed by atoms with Crippen LogP contribution in [0, 0.1) is 0 Å². The van der Waals surface area contributed by atoms with Gasteiger partial charge in [0.2, 0.25) is 0 Å². The van der Waals surface area contributed by atoms with Crippen molar-refractivity contribution in [3.63, 3.8) is 0 Å². The zero-order valence-electron chi connectivity index (χ0n) is 15.8. The number of carbonyl (C=O) groups is 2. The van der Waals surface area contributed by atoms with Crippen LogP contribution in [0.4, 0.5) is 8.78 Å². The lowest BCUT2D eigenvalue weighted by Crippen LogP contribution is -2.28. The van der Waals surface area contributed by atoms with Gasteiger partial charge in [-0.05, 0) is 47.4 Å². The molecular formula is C23H17F2NO4. The molecule has 1 atom stereocenters. The fraction of sp³-hybridized carbons (Fsp3) is 0.217. The standard InChI is InChI=1S/C23H17F2NO4/c24-23(25)29-21-10-7-16(13-22(21)30-23)15-5-3-14(4-6-15)12-20(28)18-8-9-19(27)17-2-1-11-26(17)18/h1-7,10-11,13,18H,8-9,12H2. The Hall–Kier alpha value is -3.48. The number of nitrogens with zero attached hydrogens (tertiary/aromatic N) is 1. The maximum absolute atomic E-state index is 13.2. The van der Waals surface area contributed by atoms with Crippen LogP contribution in [0.5, 0.6) is 11.5 Å². The Kier molecular flexibility index (Phi) is 4.20. The van der Waals surface area contributed by atoms with Crippen molar-refractivity contribution < 1.29 is 27.8 Å². The first-order valence-electron chi connectivity index (χ1n) is 9.62. The predicted octanol–water partition coefficient (Wildman–Crippen LogP) is 4.81. The molecule has 5 nitrogen and oxygen atoms in total. The number of ketones is 2. The maximum atomic E-state index is 13.2. The predicted molar refractivity (Wildman–Crippen MR) is 104 cm³/mol. The quantitative estimate of drug-likeness (QED) is 0.621. The number of benzene rings is 2. The second-order valence-electron chi connectivity index (χ2n) is 7.45. The number of hydrogen-bond donors (Lipinski definition) is 0. The third-order valence-corrected chi connectivity index (χ3v) is 5.48. The highest BCUT2D eigenvalue weighted by Crippen LogP contribution is 2.43. The van der Waals surface area contributed by atoms with E-state index in [1.54, 1.807) is 29.0 Å². The molecule has 1 unspecified atom stereocenters. The van der Waals surface area contributed by atoms with Gasteiger partial charge in [0.05, 0.1) is 11.7 Å². The summed E-state index contributed by atoms with van der Waals surface area (Å²) in [5, 5.41) is 0. The van der Waals surface area contributed by atoms with Crippen molar-refractivity contribution in [2.24, 2.45) is 0 Å². The SMILES string of the molecule is O=C1CCC(C(=O)Cc2ccc(-c3ccc4c(c3)OC(F)(F)O4)cc2)n2cccc21. The van der Waals surface area contributed by atoms with Crippen LogP contribution >= 0.6 is 0 Å². The molecule has 7 heteroatoms. The molecule has 0 bridgehead atoms. The Balaban J connectivity index is 1.32. The molecule has 30 heavy (non-hydrogen) atoms. The van der Waals surface area contributed by atoms with E-state index in [2.05, 4.69) is 9.47 Å². The molecule has 0 spiro atoms. The van der Waals surface area contributed by atoms with E-state index >= 15 is 0 Å². The molecule has 0 amide bonds. The lowest BCUT2D eigenvalue weighted by molar-refractivity contribution is -0.286. The number of carbonyl (C=O) groups excluding carboxylic acids is 2. The van der Waals surface area contributed by atoms with Crippen molar-refractivity contribution in [2.75, 3.05) is 0 Å². The largest absolute Gasteiger partial charge is 0.586 e. The van der Waals surface area contributed by atoms with Crippen molar-refractivity contribution in [3.8, 4) is 22.6 Å². The van der Waals surface area contributed by atoms with Crippen LogP contribution in [-0.4, -0.2) is 22.4 Å². The van der Waals surface area contributed by atoms with Crippen LogP contribution in [0.2, 0.25) is 0 Å². The molecule has 0 saturated carbocycles. The number of ether oxygens (including phenoxy) is 2. The molecule has 5 rings (SSSR count). The number of fused-ring (bicyclic) bond motifs is 2. The van der Waals surface area contributed by atoms with Gasteiger partial charge in [0, 0.05) is 19.0 Å². The van der Waals surface area contributed by atoms with E-state index in [9.17, 15) is 18.4 Å². The molecule has 0 N–H and O–H groups in total. The average molecular weight is 409 g/mol. The highest BCUT2D eigenvalue weighted by atomic mass is 19.3. The van der Waals surface area contributed by atoms with E-state index in [0.29, 0.717) is 24.1 Å². The fourth-order valence-electron chi connectivity index (χ4n) is 4.02. The number of aromatic nitrogens is 1. The van der Waals surface area contributed by atoms with Gasteiger partial charge in [0.1, 0.15) is 0 Å². The topological polar surface area (TPSA) is 57.5 Å². The zero-order valence-corrected chi connectivity index (χ0v) is 15.8. The fourth-order valence-corrected chi connectivity index (χ4v) is 4.02. The Morgan fingerprint density at radius 1 is 1.03 bits per heavy atom. The van der Waals surface area contributed by atoms with Gasteiger partial charge in [-0.3, -0.25) is 9.59 Å². The van der Waals surface area contributed by atoms with Gasteiger partial charge in [-0.1, -0.05) is 30.3 Å². The van der Waals surface area contributed by atoms with Gasteiger partial charge >= 0.3 is 6.29 Å². The Morgan fingerprint density at radius 2 is 1.77 bits per heavy atom. The van der Waals surface area contributed by atoms with Crippen molar-refractivity contribution in [2.45, 2.75) is 31.6 Å². The number of Topliss-reactive ketones (excluding diaryl/α,β-unsaturated/α-hetero) is 2. The molecule has 3 aromatic rings. The summed E-state index contributed by atoms with van der Waals surface area (Å²) in [6.07, 6.45) is -0.721. The summed E-state index contributed by atoms with van der Waals surface area (Å²) in [7, 11) is 0. The van der Waals surface area contributed by atoms with Crippen LogP contribution < -0.4 is 9.47 Å². The summed E-state index contributed by atoms with van der Waals surface area (Å²) in [6, 6.07) is 15.2. The number of halogens is 2. The van der Waals surface area contributed by atoms with Gasteiger partial charge in [-0.25, -0.2) is 0 Å². The van der Waals surface area contributed by atoms with Crippen molar-refractivity contribution in [1.82, 2.24) is 4.57 Å². The molecule has 2 aromatic carbocycles. The van der Waals surface area contributed by atoms with Crippen molar-refractivity contribution in [1.29, 1.82) is 0 Å². The first-order chi connectivity index (χ1) is 14.4. The highest BCUT2D eigenvalue weighted by Gasteiger charge is 2.43. The smallest absolute Gasteiger partial charge is 0.395 e. The summed E-state index contributed by atoms with van der Waals surface area (Å²) in [5.41, 5.74) is 2.95. The van der Waals surface area contributed by atoms with Crippen molar-refractivity contribution >= 4 is 11.6 Å². The van der Waals surface area contributed by atoms with Crippen LogP contribution in [0.1, 0.15) is 34.9 Å². The third-order valence-electron chi connectivity index (χ3n) is 5.48. The summed E-state index contributed by atoms with van der Waals surface area (Å²) in [5.74, 6) is 0.111. The minimum Gasteiger partial charge on any atom is -0.395 e. The summed E-state index contributed by atoms with van der Waals surface area (Å²) in [4.78, 5) is 24.8. The molecule has 152 valence electrons. The Bertz CT molecular complexity index is 1150. The molecule has 3 heterocycles. The number of hydrogen-bond acceptors (Lipinski definition) is 4. The second-order valence-corrected chi connectivity index (χ2v) is 7.45. The lowest BCUT2D eigenvalue weighted by atomic mass is 9.94. The highest BCUT2D eigenvalue weighted by molar-refractivity contribution is 5.97. The normalized spacial score (nSPS) is 18.9. The molecule has 0 radical (unpaired) electrons. The second kappa shape index (κ2) is 6.79. The summed E-state index contributed by atoms with van der Waals surface area (Å²) >= 11 is 0. The molecule has 1 aromatic heterocycles. The zero-order chi connectivity index (χ0) is 20.9. The van der Waals surface area contributed by atoms with Crippen LogP contribution in [0.3, 0.4) is 0 Å². The van der Waals surface area contributed by atoms with Crippen molar-refractivity contribution in [3.05, 3.63) is 72.1 Å². The minimum absolute atomic E-state index is 0.00121. The number of alkyl halides is 2. The molecule has 0 saturated heterocycles. The van der Waals surface area contributed by atoms with E-state index in [1.165, 1.54) is 12.1 Å². The van der Waals surface area contributed by atoms with Gasteiger partial charge in [0.15, 0.2) is 23.1 Å². The van der Waals surface area contributed by atoms with Gasteiger partial charge in [-0.15, -0.1) is 8.78 Å². The molecule has 0 fully saturated rings. The lowest BCUT2D eigenvalue weighted by Gasteiger charge is -2.24. The van der Waals surface area contributed by atoms with E-state index in [-0.39, 0.29) is 35.5 Å². The molecule has 2 aliphatic rings. The summed E-state index contributed by atoms with van der Waals surface area (Å²) in [6.45, 7) is 0. The first-order valence-corrected chi connectivity index (χ1v) is 9.62. The summed E-state index contributed by atoms with van der Waals surface area (Å²) < 4.78 is 37.1. The Labute approximate surface area is 170 Å². The van der Waals surface area contributed by atoms with Crippen LogP contribution in [0.15, 0.2) is 60.8 Å².